The molecular formula is C6H6N4O2S. The minimum Gasteiger partial charge on any atom is -0.464 e. The Balaban J connectivity index is 2.27. The number of carboxylic acid groups (broad SMARTS) is 1. The molecule has 0 spiro atoms. The third kappa shape index (κ3) is 1.27. The summed E-state index contributed by atoms with van der Waals surface area (Å²) in [4.78, 5) is 14.5. The quantitative estimate of drug-likeness (QED) is 0.491. The number of amides is 1. The predicted molar refractivity (Wildman–Crippen MR) is 48.5 cm³/mol. The fraction of sp³-hybridized carbons (Fsp3) is 0. The average molecular weight is 198 g/mol. The van der Waals surface area contributed by atoms with E-state index in [0.29, 0.717) is 10.9 Å². The van der Waals surface area contributed by atoms with Crippen LogP contribution in [0.2, 0.25) is 0 Å². The van der Waals surface area contributed by atoms with Gasteiger partial charge in [-0.3, -0.25) is 0 Å². The lowest BCUT2D eigenvalue weighted by molar-refractivity contribution is 0.119. The molecule has 0 aliphatic carbocycles. The molecule has 0 atom stereocenters. The van der Waals surface area contributed by atoms with Gasteiger partial charge in [0.25, 0.3) is 0 Å². The predicted octanol–water partition coefficient (Wildman–Crippen LogP) is 0.356. The van der Waals surface area contributed by atoms with Gasteiger partial charge in [-0.1, -0.05) is 0 Å². The highest BCUT2D eigenvalue weighted by Crippen LogP contribution is 2.22. The highest BCUT2D eigenvalue weighted by Gasteiger charge is 2.26. The molecule has 0 aromatic rings. The van der Waals surface area contributed by atoms with Crippen molar-refractivity contribution in [2.24, 2.45) is 4.99 Å². The first-order valence-electron chi connectivity index (χ1n) is 3.42. The Bertz CT molecular complexity index is 349. The second-order valence-corrected chi connectivity index (χ2v) is 2.84. The van der Waals surface area contributed by atoms with Crippen LogP contribution in [-0.4, -0.2) is 27.4 Å². The number of hydrogen-bond donors (Lipinski definition) is 3. The van der Waals surface area contributed by atoms with Crippen LogP contribution in [0.15, 0.2) is 28.1 Å². The highest BCUT2D eigenvalue weighted by atomic mass is 32.1. The number of fused-ring (bicyclic) bond motifs is 1. The van der Waals surface area contributed by atoms with Crippen LogP contribution in [0.1, 0.15) is 0 Å². The van der Waals surface area contributed by atoms with Crippen LogP contribution >= 0.6 is 12.6 Å². The number of hydrazine groups is 2. The standard InChI is InChI=1S/C6H6N4O2S/c11-6(12)9-3-4-7-2-1-5(13)10(4)8-9/h1-3,8,13H,(H,11,12). The van der Waals surface area contributed by atoms with Gasteiger partial charge in [0, 0.05) is 6.21 Å². The number of allylic oxidation sites excluding steroid dienone is 1. The van der Waals surface area contributed by atoms with E-state index in [-0.39, 0.29) is 0 Å². The van der Waals surface area contributed by atoms with E-state index in [4.69, 9.17) is 5.11 Å². The summed E-state index contributed by atoms with van der Waals surface area (Å²) in [6.07, 6.45) is 3.47. The third-order valence-corrected chi connectivity index (χ3v) is 1.90. The smallest absolute Gasteiger partial charge is 0.427 e. The summed E-state index contributed by atoms with van der Waals surface area (Å²) in [5.41, 5.74) is 2.56. The minimum atomic E-state index is -1.10. The summed E-state index contributed by atoms with van der Waals surface area (Å²) < 4.78 is 0. The number of rotatable bonds is 0. The van der Waals surface area contributed by atoms with Crippen LogP contribution in [0.4, 0.5) is 4.79 Å². The maximum atomic E-state index is 10.5. The Kier molecular flexibility index (Phi) is 1.74. The fourth-order valence-corrected chi connectivity index (χ4v) is 1.19. The summed E-state index contributed by atoms with van der Waals surface area (Å²) in [5.74, 6) is 0.495. The SMILES string of the molecule is O=C(O)N1C=C2N=CC=C(S)N2N1. The minimum absolute atomic E-state index is 0.495. The Morgan fingerprint density at radius 3 is 3.08 bits per heavy atom. The molecule has 2 N–H and O–H groups in total. The van der Waals surface area contributed by atoms with Gasteiger partial charge in [0.05, 0.1) is 11.2 Å². The van der Waals surface area contributed by atoms with E-state index in [9.17, 15) is 4.79 Å². The molecule has 0 fully saturated rings. The summed E-state index contributed by atoms with van der Waals surface area (Å²) in [6.45, 7) is 0. The molecule has 2 rings (SSSR count). The molecule has 0 unspecified atom stereocenters. The van der Waals surface area contributed by atoms with E-state index in [2.05, 4.69) is 23.2 Å². The molecular weight excluding hydrogens is 192 g/mol. The Morgan fingerprint density at radius 1 is 1.69 bits per heavy atom. The van der Waals surface area contributed by atoms with Gasteiger partial charge in [-0.25, -0.2) is 14.8 Å². The normalized spacial score (nSPS) is 19.8. The molecule has 0 aromatic carbocycles. The lowest BCUT2D eigenvalue weighted by atomic mass is 10.5. The largest absolute Gasteiger partial charge is 0.464 e. The molecule has 2 aliphatic rings. The van der Waals surface area contributed by atoms with Crippen molar-refractivity contribution in [3.63, 3.8) is 0 Å². The molecule has 1 amide bonds. The van der Waals surface area contributed by atoms with E-state index in [1.807, 2.05) is 0 Å². The molecule has 6 nitrogen and oxygen atoms in total. The van der Waals surface area contributed by atoms with Crippen LogP contribution < -0.4 is 5.53 Å². The maximum Gasteiger partial charge on any atom is 0.427 e. The number of aliphatic imine (C=N–C) groups is 1. The van der Waals surface area contributed by atoms with E-state index in [1.54, 1.807) is 12.3 Å². The zero-order chi connectivity index (χ0) is 9.42. The second-order valence-electron chi connectivity index (χ2n) is 2.38. The molecule has 13 heavy (non-hydrogen) atoms. The van der Waals surface area contributed by atoms with Crippen LogP contribution in [0.25, 0.3) is 0 Å². The molecule has 68 valence electrons. The first-order valence-corrected chi connectivity index (χ1v) is 3.87. The summed E-state index contributed by atoms with van der Waals surface area (Å²) in [6, 6.07) is 0. The first-order chi connectivity index (χ1) is 6.18. The van der Waals surface area contributed by atoms with Gasteiger partial charge >= 0.3 is 6.09 Å². The van der Waals surface area contributed by atoms with Crippen molar-refractivity contribution in [2.75, 3.05) is 0 Å². The zero-order valence-electron chi connectivity index (χ0n) is 6.38. The van der Waals surface area contributed by atoms with E-state index in [0.717, 1.165) is 5.01 Å². The first kappa shape index (κ1) is 8.14. The molecule has 0 aromatic heterocycles. The van der Waals surface area contributed by atoms with E-state index >= 15 is 0 Å². The van der Waals surface area contributed by atoms with Crippen molar-refractivity contribution >= 4 is 24.9 Å². The van der Waals surface area contributed by atoms with Crippen LogP contribution in [-0.2, 0) is 0 Å². The van der Waals surface area contributed by atoms with Gasteiger partial charge in [-0.05, 0) is 6.08 Å². The number of thiol groups is 1. The maximum absolute atomic E-state index is 10.5. The molecule has 7 heteroatoms. The van der Waals surface area contributed by atoms with Gasteiger partial charge in [0.1, 0.15) is 0 Å². The summed E-state index contributed by atoms with van der Waals surface area (Å²) in [7, 11) is 0. The topological polar surface area (TPSA) is 68.2 Å². The van der Waals surface area contributed by atoms with Crippen molar-refractivity contribution in [3.8, 4) is 0 Å². The van der Waals surface area contributed by atoms with Crippen LogP contribution in [0.5, 0.6) is 0 Å². The van der Waals surface area contributed by atoms with Gasteiger partial charge < -0.3 is 5.11 Å². The lowest BCUT2D eigenvalue weighted by Gasteiger charge is -2.21. The molecule has 0 radical (unpaired) electrons. The van der Waals surface area contributed by atoms with Crippen molar-refractivity contribution in [2.45, 2.75) is 0 Å². The monoisotopic (exact) mass is 198 g/mol. The summed E-state index contributed by atoms with van der Waals surface area (Å²) >= 11 is 4.12. The Labute approximate surface area is 79.2 Å². The number of hydrogen-bond acceptors (Lipinski definition) is 5. The van der Waals surface area contributed by atoms with Crippen molar-refractivity contribution in [1.82, 2.24) is 15.6 Å². The molecule has 0 bridgehead atoms. The Hall–Kier alpha value is -1.47. The van der Waals surface area contributed by atoms with Crippen LogP contribution in [0.3, 0.4) is 0 Å². The van der Waals surface area contributed by atoms with E-state index < -0.39 is 6.09 Å². The van der Waals surface area contributed by atoms with E-state index in [1.165, 1.54) is 11.2 Å². The third-order valence-electron chi connectivity index (χ3n) is 1.55. The average Bonchev–Trinajstić information content (AvgIpc) is 2.49. The second kappa shape index (κ2) is 2.79. The molecule has 0 saturated carbocycles. The molecule has 2 heterocycles. The molecule has 2 aliphatic heterocycles. The van der Waals surface area contributed by atoms with Crippen LogP contribution in [0, 0.1) is 0 Å². The van der Waals surface area contributed by atoms with Gasteiger partial charge in [0.15, 0.2) is 5.82 Å². The van der Waals surface area contributed by atoms with Crippen molar-refractivity contribution in [3.05, 3.63) is 23.1 Å². The Morgan fingerprint density at radius 2 is 2.46 bits per heavy atom. The lowest BCUT2D eigenvalue weighted by Crippen LogP contribution is -2.41. The van der Waals surface area contributed by atoms with Crippen molar-refractivity contribution < 1.29 is 9.90 Å². The highest BCUT2D eigenvalue weighted by molar-refractivity contribution is 7.84. The molecule has 0 saturated heterocycles. The van der Waals surface area contributed by atoms with Gasteiger partial charge in [0.2, 0.25) is 0 Å². The zero-order valence-corrected chi connectivity index (χ0v) is 7.27. The van der Waals surface area contributed by atoms with Crippen molar-refractivity contribution in [1.29, 1.82) is 0 Å². The number of carbonyl (C=O) groups is 1. The summed E-state index contributed by atoms with van der Waals surface area (Å²) in [5, 5.41) is 11.6. The number of nitrogens with zero attached hydrogens (tertiary/aromatic N) is 3. The fourth-order valence-electron chi connectivity index (χ4n) is 0.974. The van der Waals surface area contributed by atoms with Gasteiger partial charge in [-0.2, -0.15) is 5.01 Å². The number of nitrogens with one attached hydrogen (secondary N) is 1. The van der Waals surface area contributed by atoms with Gasteiger partial charge in [-0.15, -0.1) is 18.2 Å².